The van der Waals surface area contributed by atoms with E-state index in [9.17, 15) is 14.4 Å². The third kappa shape index (κ3) is 8.22. The minimum Gasteiger partial charge on any atom is -0.462 e. The first-order valence-corrected chi connectivity index (χ1v) is 11.4. The maximum Gasteiger partial charge on any atom is 0.305 e. The Labute approximate surface area is 196 Å². The van der Waals surface area contributed by atoms with Gasteiger partial charge in [0.15, 0.2) is 0 Å². The van der Waals surface area contributed by atoms with E-state index < -0.39 is 24.3 Å². The highest BCUT2D eigenvalue weighted by Gasteiger charge is 2.42. The Morgan fingerprint density at radius 2 is 1.88 bits per heavy atom. The van der Waals surface area contributed by atoms with Crippen LogP contribution in [-0.2, 0) is 33.3 Å². The van der Waals surface area contributed by atoms with Crippen LogP contribution in [0.5, 0.6) is 0 Å². The first kappa shape index (κ1) is 26.4. The van der Waals surface area contributed by atoms with Gasteiger partial charge in [-0.1, -0.05) is 29.9 Å². The predicted octanol–water partition coefficient (Wildman–Crippen LogP) is 4.93. The van der Waals surface area contributed by atoms with Gasteiger partial charge in [-0.2, -0.15) is 0 Å². The van der Waals surface area contributed by atoms with Gasteiger partial charge in [-0.15, -0.1) is 0 Å². The molecule has 7 nitrogen and oxygen atoms in total. The van der Waals surface area contributed by atoms with Gasteiger partial charge in [0.25, 0.3) is 0 Å². The van der Waals surface area contributed by atoms with E-state index in [1.165, 1.54) is 26.3 Å². The molecule has 182 valence electrons. The lowest BCUT2D eigenvalue weighted by molar-refractivity contribution is -0.181. The van der Waals surface area contributed by atoms with Crippen LogP contribution in [0.1, 0.15) is 66.7 Å². The van der Waals surface area contributed by atoms with Crippen molar-refractivity contribution in [3.8, 4) is 0 Å². The molecule has 7 heteroatoms. The second kappa shape index (κ2) is 12.4. The van der Waals surface area contributed by atoms with Crippen molar-refractivity contribution < 1.29 is 33.3 Å². The fourth-order valence-electron chi connectivity index (χ4n) is 4.29. The second-order valence-electron chi connectivity index (χ2n) is 8.81. The molecule has 1 aliphatic heterocycles. The van der Waals surface area contributed by atoms with E-state index in [0.717, 1.165) is 42.4 Å². The molecule has 0 spiro atoms. The Bertz CT molecular complexity index is 849. The number of ether oxygens (including phenoxy) is 4. The minimum atomic E-state index is -0.763. The third-order valence-corrected chi connectivity index (χ3v) is 5.92. The number of carbonyl (C=O) groups is 3. The van der Waals surface area contributed by atoms with E-state index in [2.05, 4.69) is 19.6 Å². The van der Waals surface area contributed by atoms with E-state index >= 15 is 0 Å². The molecule has 2 aliphatic rings. The van der Waals surface area contributed by atoms with Gasteiger partial charge in [0.05, 0.1) is 12.2 Å². The van der Waals surface area contributed by atoms with Gasteiger partial charge >= 0.3 is 17.9 Å². The van der Waals surface area contributed by atoms with Crippen molar-refractivity contribution >= 4 is 17.9 Å². The first-order chi connectivity index (χ1) is 15.6. The Morgan fingerprint density at radius 1 is 1.15 bits per heavy atom. The number of rotatable bonds is 7. The lowest BCUT2D eigenvalue weighted by atomic mass is 9.74. The first-order valence-electron chi connectivity index (χ1n) is 11.4. The highest BCUT2D eigenvalue weighted by molar-refractivity contribution is 5.67. The number of hydrogen-bond acceptors (Lipinski definition) is 7. The molecule has 33 heavy (non-hydrogen) atoms. The van der Waals surface area contributed by atoms with Crippen LogP contribution < -0.4 is 0 Å². The molecule has 0 aromatic rings. The lowest BCUT2D eigenvalue weighted by Gasteiger charge is -2.40. The summed E-state index contributed by atoms with van der Waals surface area (Å²) >= 11 is 0. The SMILES string of the molecule is C=C1CC/C(C)=C\CC[C@@H]2C([C@@H](C/C=C(\C)COC(C)=O)OC(C)=O)=CO[C@H](OC(C)=O)[C@@H]12. The molecule has 4 atom stereocenters. The second-order valence-corrected chi connectivity index (χ2v) is 8.81. The van der Waals surface area contributed by atoms with Crippen LogP contribution in [0.15, 0.2) is 47.3 Å². The molecular weight excluding hydrogens is 424 g/mol. The zero-order valence-corrected chi connectivity index (χ0v) is 20.3. The summed E-state index contributed by atoms with van der Waals surface area (Å²) < 4.78 is 22.1. The smallest absolute Gasteiger partial charge is 0.305 e. The normalized spacial score (nSPS) is 26.0. The van der Waals surface area contributed by atoms with E-state index in [1.54, 1.807) is 6.26 Å². The maximum atomic E-state index is 11.9. The highest BCUT2D eigenvalue weighted by atomic mass is 16.7. The Kier molecular flexibility index (Phi) is 9.95. The van der Waals surface area contributed by atoms with Gasteiger partial charge in [-0.25, -0.2) is 0 Å². The van der Waals surface area contributed by atoms with Crippen LogP contribution in [0.4, 0.5) is 0 Å². The molecule has 0 radical (unpaired) electrons. The van der Waals surface area contributed by atoms with Crippen LogP contribution in [0, 0.1) is 11.8 Å². The van der Waals surface area contributed by atoms with Gasteiger partial charge in [0.2, 0.25) is 6.29 Å². The average Bonchev–Trinajstić information content (AvgIpc) is 2.79. The lowest BCUT2D eigenvalue weighted by Crippen LogP contribution is -2.41. The molecule has 0 unspecified atom stereocenters. The molecule has 1 heterocycles. The van der Waals surface area contributed by atoms with E-state index in [1.807, 2.05) is 13.0 Å². The molecule has 0 aromatic carbocycles. The van der Waals surface area contributed by atoms with Crippen LogP contribution >= 0.6 is 0 Å². The fraction of sp³-hybridized carbons (Fsp3) is 0.577. The van der Waals surface area contributed by atoms with Crippen LogP contribution in [0.3, 0.4) is 0 Å². The Balaban J connectivity index is 2.38. The summed E-state index contributed by atoms with van der Waals surface area (Å²) in [6.45, 7) is 12.5. The summed E-state index contributed by atoms with van der Waals surface area (Å²) in [4.78, 5) is 34.8. The molecule has 0 aromatic heterocycles. The van der Waals surface area contributed by atoms with Crippen molar-refractivity contribution in [2.24, 2.45) is 11.8 Å². The molecule has 0 N–H and O–H groups in total. The summed E-state index contributed by atoms with van der Waals surface area (Å²) in [5, 5.41) is 0. The van der Waals surface area contributed by atoms with Crippen molar-refractivity contribution in [2.45, 2.75) is 79.1 Å². The zero-order chi connectivity index (χ0) is 24.5. The molecule has 2 rings (SSSR count). The molecule has 0 saturated heterocycles. The Morgan fingerprint density at radius 3 is 2.52 bits per heavy atom. The van der Waals surface area contributed by atoms with E-state index in [0.29, 0.717) is 6.42 Å². The van der Waals surface area contributed by atoms with Gasteiger partial charge < -0.3 is 18.9 Å². The van der Waals surface area contributed by atoms with Crippen molar-refractivity contribution in [3.63, 3.8) is 0 Å². The topological polar surface area (TPSA) is 88.1 Å². The standard InChI is InChI=1S/C26H36O7/c1-16-8-7-9-22-23(15-31-26(33-21(6)29)25(22)18(3)12-10-16)24(32-20(5)28)13-11-17(2)14-30-19(4)27/h8,11,15,22,24-26H,3,7,9-10,12-14H2,1-2,4-6H3/b16-8-,17-11+/t22-,24-,25+,26-/m1/s1. The summed E-state index contributed by atoms with van der Waals surface area (Å²) in [6.07, 6.45) is 8.08. The number of allylic oxidation sites excluding steroid dienone is 2. The molecule has 0 saturated carbocycles. The summed E-state index contributed by atoms with van der Waals surface area (Å²) in [5.41, 5.74) is 3.94. The number of esters is 3. The van der Waals surface area contributed by atoms with Gasteiger partial charge in [-0.05, 0) is 45.1 Å². The zero-order valence-electron chi connectivity index (χ0n) is 20.3. The Hall–Kier alpha value is -2.83. The number of hydrogen-bond donors (Lipinski definition) is 0. The fourth-order valence-corrected chi connectivity index (χ4v) is 4.29. The number of fused-ring (bicyclic) bond motifs is 1. The minimum absolute atomic E-state index is 0.0655. The van der Waals surface area contributed by atoms with Crippen LogP contribution in [0.2, 0.25) is 0 Å². The average molecular weight is 461 g/mol. The van der Waals surface area contributed by atoms with Gasteiger partial charge in [-0.3, -0.25) is 14.4 Å². The molecule has 0 fully saturated rings. The largest absolute Gasteiger partial charge is 0.462 e. The molecular formula is C26H36O7. The monoisotopic (exact) mass is 460 g/mol. The van der Waals surface area contributed by atoms with Crippen molar-refractivity contribution in [3.05, 3.63) is 47.3 Å². The highest BCUT2D eigenvalue weighted by Crippen LogP contribution is 2.43. The third-order valence-electron chi connectivity index (χ3n) is 5.92. The van der Waals surface area contributed by atoms with Crippen molar-refractivity contribution in [1.29, 1.82) is 0 Å². The maximum absolute atomic E-state index is 11.9. The summed E-state index contributed by atoms with van der Waals surface area (Å²) in [7, 11) is 0. The van der Waals surface area contributed by atoms with Crippen LogP contribution in [0.25, 0.3) is 0 Å². The number of carbonyl (C=O) groups excluding carboxylic acids is 3. The molecule has 0 amide bonds. The quantitative estimate of drug-likeness (QED) is 0.302. The summed E-state index contributed by atoms with van der Waals surface area (Å²) in [5.74, 6) is -1.47. The van der Waals surface area contributed by atoms with Crippen molar-refractivity contribution in [1.82, 2.24) is 0 Å². The predicted molar refractivity (Wildman–Crippen MR) is 124 cm³/mol. The molecule has 1 aliphatic carbocycles. The van der Waals surface area contributed by atoms with Gasteiger partial charge in [0.1, 0.15) is 12.7 Å². The van der Waals surface area contributed by atoms with Crippen LogP contribution in [-0.4, -0.2) is 36.9 Å². The van der Waals surface area contributed by atoms with E-state index in [4.69, 9.17) is 18.9 Å². The van der Waals surface area contributed by atoms with Crippen molar-refractivity contribution in [2.75, 3.05) is 6.61 Å². The van der Waals surface area contributed by atoms with Gasteiger partial charge in [0, 0.05) is 38.7 Å². The van der Waals surface area contributed by atoms with E-state index in [-0.39, 0.29) is 24.4 Å². The molecule has 0 bridgehead atoms. The summed E-state index contributed by atoms with van der Waals surface area (Å²) in [6, 6.07) is 0.